The van der Waals surface area contributed by atoms with Crippen molar-refractivity contribution >= 4 is 67.5 Å². The van der Waals surface area contributed by atoms with Gasteiger partial charge in [0, 0.05) is 55.6 Å². The van der Waals surface area contributed by atoms with E-state index in [0.717, 1.165) is 0 Å². The molecule has 0 amide bonds. The van der Waals surface area contributed by atoms with E-state index in [1.54, 1.807) is 0 Å². The van der Waals surface area contributed by atoms with Gasteiger partial charge in [-0.25, -0.2) is 0 Å². The third-order valence-electron chi connectivity index (χ3n) is 16.8. The molecule has 0 spiro atoms. The van der Waals surface area contributed by atoms with Gasteiger partial charge in [0.1, 0.15) is 0 Å². The SMILES string of the molecule is Cc1ccccc1-c1c(-c2ccccc2)n2c3c(cc(C(C)(C)C)cc13)-c1cc(C(C)(C)C)cc3c1B2c1ccc2c(c1N3c1ccc(C(C)(C)C)cc1)c1cc(C(C)(C)C)ccc1n2-c1ccc(C(C)(C)C)cc1. The van der Waals surface area contributed by atoms with Gasteiger partial charge >= 0.3 is 6.85 Å². The first kappa shape index (κ1) is 48.9. The molecule has 0 fully saturated rings. The summed E-state index contributed by atoms with van der Waals surface area (Å²) in [4.78, 5) is 2.69. The monoisotopic (exact) mass is 980 g/mol. The molecule has 0 radical (unpaired) electrons. The Kier molecular flexibility index (Phi) is 10.7. The molecule has 2 aromatic heterocycles. The summed E-state index contributed by atoms with van der Waals surface area (Å²) in [7, 11) is 0. The molecule has 8 aromatic carbocycles. The first-order valence-corrected chi connectivity index (χ1v) is 27.5. The van der Waals surface area contributed by atoms with Gasteiger partial charge in [-0.3, -0.25) is 0 Å². The fourth-order valence-electron chi connectivity index (χ4n) is 12.5. The second-order valence-corrected chi connectivity index (χ2v) is 27.2. The lowest BCUT2D eigenvalue weighted by atomic mass is 9.44. The average molecular weight is 980 g/mol. The van der Waals surface area contributed by atoms with Crippen molar-refractivity contribution in [3.05, 3.63) is 191 Å². The number of nitrogens with zero attached hydrogens (tertiary/aromatic N) is 3. The Labute approximate surface area is 447 Å². The highest BCUT2D eigenvalue weighted by molar-refractivity contribution is 6.90. The molecule has 0 unspecified atom stereocenters. The van der Waals surface area contributed by atoms with Crippen molar-refractivity contribution in [2.45, 2.75) is 138 Å². The molecule has 0 saturated heterocycles. The zero-order chi connectivity index (χ0) is 53.1. The molecule has 0 N–H and O–H groups in total. The molecule has 4 heterocycles. The Hall–Kier alpha value is -7.04. The molecule has 12 rings (SSSR count). The normalized spacial score (nSPS) is 13.8. The van der Waals surface area contributed by atoms with Crippen LogP contribution in [-0.2, 0) is 27.1 Å². The maximum absolute atomic E-state index is 2.80. The zero-order valence-corrected chi connectivity index (χ0v) is 47.4. The molecule has 0 aliphatic carbocycles. The van der Waals surface area contributed by atoms with Crippen LogP contribution in [0.15, 0.2) is 158 Å². The lowest BCUT2D eigenvalue weighted by molar-refractivity contribution is 0.589. The highest BCUT2D eigenvalue weighted by atomic mass is 15.2. The summed E-state index contributed by atoms with van der Waals surface area (Å²) >= 11 is 0. The van der Waals surface area contributed by atoms with Gasteiger partial charge in [0.05, 0.1) is 16.7 Å². The van der Waals surface area contributed by atoms with E-state index in [2.05, 4.69) is 282 Å². The molecular formula is C71H74BN3. The average Bonchev–Trinajstić information content (AvgIpc) is 3.97. The molecular weight excluding hydrogens is 906 g/mol. The molecule has 0 atom stereocenters. The summed E-state index contributed by atoms with van der Waals surface area (Å²) in [6.07, 6.45) is 0. The molecule has 2 aliphatic rings. The Balaban J connectivity index is 1.32. The van der Waals surface area contributed by atoms with E-state index in [0.29, 0.717) is 0 Å². The highest BCUT2D eigenvalue weighted by Gasteiger charge is 2.46. The predicted molar refractivity (Wildman–Crippen MR) is 326 cm³/mol. The van der Waals surface area contributed by atoms with Crippen LogP contribution in [0.5, 0.6) is 0 Å². The lowest BCUT2D eigenvalue weighted by Crippen LogP contribution is -2.57. The van der Waals surface area contributed by atoms with Gasteiger partial charge in [-0.2, -0.15) is 0 Å². The maximum Gasteiger partial charge on any atom is 0.333 e. The van der Waals surface area contributed by atoms with E-state index in [-0.39, 0.29) is 33.9 Å². The first-order chi connectivity index (χ1) is 35.3. The van der Waals surface area contributed by atoms with E-state index in [1.165, 1.54) is 133 Å². The third kappa shape index (κ3) is 7.67. The molecule has 2 aliphatic heterocycles. The number of anilines is 3. The number of fused-ring (bicyclic) bond motifs is 8. The summed E-state index contributed by atoms with van der Waals surface area (Å²) in [6.45, 7) is 37.3. The third-order valence-corrected chi connectivity index (χ3v) is 16.8. The Morgan fingerprint density at radius 3 is 1.53 bits per heavy atom. The van der Waals surface area contributed by atoms with Crippen LogP contribution in [0.3, 0.4) is 0 Å². The molecule has 4 heteroatoms. The Morgan fingerprint density at radius 1 is 0.413 bits per heavy atom. The van der Waals surface area contributed by atoms with Crippen LogP contribution < -0.4 is 15.8 Å². The van der Waals surface area contributed by atoms with Gasteiger partial charge in [-0.05, 0) is 156 Å². The highest BCUT2D eigenvalue weighted by Crippen LogP contribution is 2.54. The minimum absolute atomic E-state index is 0.00173. The molecule has 376 valence electrons. The minimum atomic E-state index is -0.160. The number of benzene rings is 8. The topological polar surface area (TPSA) is 13.1 Å². The fraction of sp³-hybridized carbons (Fsp3) is 0.296. The smallest absolute Gasteiger partial charge is 0.333 e. The van der Waals surface area contributed by atoms with Gasteiger partial charge in [0.25, 0.3) is 0 Å². The predicted octanol–water partition coefficient (Wildman–Crippen LogP) is 18.3. The number of hydrogen-bond acceptors (Lipinski definition) is 1. The van der Waals surface area contributed by atoms with E-state index < -0.39 is 0 Å². The van der Waals surface area contributed by atoms with E-state index in [9.17, 15) is 0 Å². The largest absolute Gasteiger partial charge is 0.375 e. The van der Waals surface area contributed by atoms with Crippen molar-refractivity contribution in [1.82, 2.24) is 9.05 Å². The molecule has 0 bridgehead atoms. The van der Waals surface area contributed by atoms with E-state index in [4.69, 9.17) is 0 Å². The lowest BCUT2D eigenvalue weighted by Gasteiger charge is -2.42. The van der Waals surface area contributed by atoms with Crippen LogP contribution in [-0.4, -0.2) is 15.9 Å². The fourth-order valence-corrected chi connectivity index (χ4v) is 12.5. The van der Waals surface area contributed by atoms with Crippen LogP contribution in [0.1, 0.15) is 137 Å². The molecule has 3 nitrogen and oxygen atoms in total. The second kappa shape index (κ2) is 16.5. The minimum Gasteiger partial charge on any atom is -0.375 e. The second-order valence-electron chi connectivity index (χ2n) is 27.2. The summed E-state index contributed by atoms with van der Waals surface area (Å²) in [5, 5.41) is 3.86. The van der Waals surface area contributed by atoms with Crippen molar-refractivity contribution in [3.63, 3.8) is 0 Å². The van der Waals surface area contributed by atoms with Crippen LogP contribution >= 0.6 is 0 Å². The number of aryl methyl sites for hydroxylation is 1. The standard InChI is InChI=1S/C71H74BN3/c1-43-22-20-21-25-52(43)61-56-41-48(70(11,12)13)40-54-53-39-49(71(14,15)16)42-60-63(53)72(75(65(54)56)64(61)44-23-18-17-19-24-44)57-35-37-59-62(66(57)74(60)51-33-28-46(29-34-51)68(5,6)7)55-38-47(69(8,9)10)30-36-58(55)73(59)50-31-26-45(27-32-50)67(2,3)4/h17-42H,1-16H3. The van der Waals surface area contributed by atoms with Crippen molar-refractivity contribution in [3.8, 4) is 39.2 Å². The van der Waals surface area contributed by atoms with E-state index >= 15 is 0 Å². The van der Waals surface area contributed by atoms with E-state index in [1.807, 2.05) is 0 Å². The molecule has 75 heavy (non-hydrogen) atoms. The van der Waals surface area contributed by atoms with Gasteiger partial charge in [0.15, 0.2) is 0 Å². The van der Waals surface area contributed by atoms with Crippen LogP contribution in [0.2, 0.25) is 0 Å². The number of hydrogen-bond donors (Lipinski definition) is 0. The van der Waals surface area contributed by atoms with Gasteiger partial charge in [-0.1, -0.05) is 201 Å². The Bertz CT molecular complexity index is 3940. The van der Waals surface area contributed by atoms with Crippen molar-refractivity contribution < 1.29 is 0 Å². The summed E-state index contributed by atoms with van der Waals surface area (Å²) in [5.41, 5.74) is 26.6. The van der Waals surface area contributed by atoms with Gasteiger partial charge in [0.2, 0.25) is 0 Å². The van der Waals surface area contributed by atoms with Gasteiger partial charge in [-0.15, -0.1) is 0 Å². The van der Waals surface area contributed by atoms with Crippen LogP contribution in [0.25, 0.3) is 71.9 Å². The van der Waals surface area contributed by atoms with Crippen LogP contribution in [0, 0.1) is 6.92 Å². The first-order valence-electron chi connectivity index (χ1n) is 27.5. The molecule has 0 saturated carbocycles. The van der Waals surface area contributed by atoms with Crippen molar-refractivity contribution in [2.24, 2.45) is 0 Å². The summed E-state index contributed by atoms with van der Waals surface area (Å²) in [5.74, 6) is 0. The summed E-state index contributed by atoms with van der Waals surface area (Å²) in [6, 6.07) is 61.8. The van der Waals surface area contributed by atoms with Crippen molar-refractivity contribution in [1.29, 1.82) is 0 Å². The number of rotatable bonds is 4. The summed E-state index contributed by atoms with van der Waals surface area (Å²) < 4.78 is 5.34. The Morgan fingerprint density at radius 2 is 0.933 bits per heavy atom. The maximum atomic E-state index is 2.80. The molecule has 10 aromatic rings. The zero-order valence-electron chi connectivity index (χ0n) is 47.4. The quantitative estimate of drug-likeness (QED) is 0.160. The number of aromatic nitrogens is 2. The van der Waals surface area contributed by atoms with Crippen LogP contribution in [0.4, 0.5) is 17.1 Å². The van der Waals surface area contributed by atoms with Gasteiger partial charge < -0.3 is 13.9 Å². The van der Waals surface area contributed by atoms with Crippen molar-refractivity contribution in [2.75, 3.05) is 4.90 Å².